The Bertz CT molecular complexity index is 1130. The normalized spacial score (nSPS) is 13.4. The molecule has 1 aliphatic rings. The van der Waals surface area contributed by atoms with Crippen LogP contribution in [-0.2, 0) is 7.05 Å². The molecule has 3 N–H and O–H groups in total. The van der Waals surface area contributed by atoms with E-state index in [1.165, 1.54) is 0 Å². The molecule has 148 valence electrons. The Hall–Kier alpha value is -3.81. The molecular formula is C21H21N5O3. The van der Waals surface area contributed by atoms with Crippen molar-refractivity contribution in [3.05, 3.63) is 65.4 Å². The van der Waals surface area contributed by atoms with Gasteiger partial charge < -0.3 is 9.88 Å². The number of benzene rings is 2. The predicted octanol–water partition coefficient (Wildman–Crippen LogP) is 2.09. The Morgan fingerprint density at radius 1 is 1.07 bits per heavy atom. The van der Waals surface area contributed by atoms with Gasteiger partial charge in [0.1, 0.15) is 0 Å². The van der Waals surface area contributed by atoms with E-state index in [0.29, 0.717) is 24.2 Å². The highest BCUT2D eigenvalue weighted by Crippen LogP contribution is 2.23. The van der Waals surface area contributed by atoms with E-state index in [1.807, 2.05) is 42.8 Å². The van der Waals surface area contributed by atoms with Crippen LogP contribution in [0.1, 0.15) is 26.3 Å². The summed E-state index contributed by atoms with van der Waals surface area (Å²) in [5.74, 6) is -0.823. The first-order valence-corrected chi connectivity index (χ1v) is 9.26. The van der Waals surface area contributed by atoms with Crippen LogP contribution in [-0.4, -0.2) is 35.5 Å². The number of amides is 4. The van der Waals surface area contributed by atoms with Gasteiger partial charge in [-0.25, -0.2) is 4.79 Å². The second kappa shape index (κ2) is 7.31. The monoisotopic (exact) mass is 391 g/mol. The molecule has 4 amide bonds. The number of urea groups is 1. The second-order valence-corrected chi connectivity index (χ2v) is 6.96. The Morgan fingerprint density at radius 3 is 2.55 bits per heavy atom. The van der Waals surface area contributed by atoms with Crippen LogP contribution in [0.3, 0.4) is 0 Å². The summed E-state index contributed by atoms with van der Waals surface area (Å²) in [7, 11) is 1.86. The van der Waals surface area contributed by atoms with Crippen molar-refractivity contribution in [3.8, 4) is 0 Å². The number of hydrogen-bond acceptors (Lipinski definition) is 3. The van der Waals surface area contributed by atoms with Crippen LogP contribution in [0.25, 0.3) is 10.9 Å². The summed E-state index contributed by atoms with van der Waals surface area (Å²) >= 11 is 0. The van der Waals surface area contributed by atoms with Crippen LogP contribution in [0.15, 0.2) is 48.7 Å². The number of rotatable bonds is 3. The Labute approximate surface area is 167 Å². The van der Waals surface area contributed by atoms with Crippen LogP contribution in [0.2, 0.25) is 0 Å². The highest BCUT2D eigenvalue weighted by molar-refractivity contribution is 6.08. The summed E-state index contributed by atoms with van der Waals surface area (Å²) in [6, 6.07) is 12.5. The fourth-order valence-electron chi connectivity index (χ4n) is 3.58. The lowest BCUT2D eigenvalue weighted by Gasteiger charge is -2.17. The van der Waals surface area contributed by atoms with Crippen LogP contribution < -0.4 is 21.1 Å². The van der Waals surface area contributed by atoms with Crippen molar-refractivity contribution in [3.63, 3.8) is 0 Å². The van der Waals surface area contributed by atoms with Gasteiger partial charge in [0.15, 0.2) is 0 Å². The average Bonchev–Trinajstić information content (AvgIpc) is 3.29. The van der Waals surface area contributed by atoms with E-state index in [0.717, 1.165) is 22.2 Å². The smallest absolute Gasteiger partial charge is 0.322 e. The van der Waals surface area contributed by atoms with Gasteiger partial charge in [0.05, 0.1) is 5.56 Å². The first-order chi connectivity index (χ1) is 14.0. The third kappa shape index (κ3) is 3.40. The molecular weight excluding hydrogens is 370 g/mol. The van der Waals surface area contributed by atoms with Gasteiger partial charge in [-0.15, -0.1) is 0 Å². The zero-order chi connectivity index (χ0) is 20.5. The van der Waals surface area contributed by atoms with Crippen molar-refractivity contribution in [2.75, 3.05) is 18.0 Å². The van der Waals surface area contributed by atoms with E-state index >= 15 is 0 Å². The average molecular weight is 391 g/mol. The lowest BCUT2D eigenvalue weighted by atomic mass is 10.1. The van der Waals surface area contributed by atoms with E-state index in [2.05, 4.69) is 16.2 Å². The molecule has 1 aromatic heterocycles. The maximum Gasteiger partial charge on any atom is 0.322 e. The van der Waals surface area contributed by atoms with E-state index in [-0.39, 0.29) is 6.03 Å². The number of anilines is 1. The minimum atomic E-state index is -0.431. The zero-order valence-electron chi connectivity index (χ0n) is 16.2. The Balaban J connectivity index is 1.46. The number of hydrogen-bond donors (Lipinski definition) is 3. The maximum absolute atomic E-state index is 12.5. The molecule has 2 heterocycles. The lowest BCUT2D eigenvalue weighted by Crippen LogP contribution is -2.41. The molecule has 1 saturated heterocycles. The largest absolute Gasteiger partial charge is 0.350 e. The topological polar surface area (TPSA) is 95.5 Å². The summed E-state index contributed by atoms with van der Waals surface area (Å²) < 4.78 is 1.86. The van der Waals surface area contributed by atoms with E-state index in [1.54, 1.807) is 29.3 Å². The lowest BCUT2D eigenvalue weighted by molar-refractivity contribution is 0.0847. The molecule has 8 heteroatoms. The summed E-state index contributed by atoms with van der Waals surface area (Å²) in [6.45, 7) is 3.03. The van der Waals surface area contributed by atoms with E-state index in [4.69, 9.17) is 0 Å². The van der Waals surface area contributed by atoms with Crippen molar-refractivity contribution in [2.24, 2.45) is 7.05 Å². The van der Waals surface area contributed by atoms with Crippen LogP contribution >= 0.6 is 0 Å². The van der Waals surface area contributed by atoms with E-state index in [9.17, 15) is 14.4 Å². The van der Waals surface area contributed by atoms with Crippen molar-refractivity contribution in [2.45, 2.75) is 6.92 Å². The second-order valence-electron chi connectivity index (χ2n) is 6.96. The number of aromatic nitrogens is 1. The summed E-state index contributed by atoms with van der Waals surface area (Å²) in [6.07, 6.45) is 1.73. The highest BCUT2D eigenvalue weighted by atomic mass is 16.2. The highest BCUT2D eigenvalue weighted by Gasteiger charge is 2.23. The molecule has 1 aliphatic heterocycles. The van der Waals surface area contributed by atoms with Gasteiger partial charge in [0, 0.05) is 48.5 Å². The van der Waals surface area contributed by atoms with Gasteiger partial charge in [-0.2, -0.15) is 0 Å². The minimum absolute atomic E-state index is 0.146. The molecule has 2 aromatic carbocycles. The molecule has 0 radical (unpaired) electrons. The molecule has 0 saturated carbocycles. The minimum Gasteiger partial charge on any atom is -0.350 e. The fourth-order valence-corrected chi connectivity index (χ4v) is 3.58. The first kappa shape index (κ1) is 18.5. The van der Waals surface area contributed by atoms with Gasteiger partial charge in [-0.1, -0.05) is 18.2 Å². The third-order valence-corrected chi connectivity index (χ3v) is 5.04. The number of aryl methyl sites for hydroxylation is 2. The molecule has 3 aromatic rings. The molecule has 0 atom stereocenters. The molecule has 0 spiro atoms. The SMILES string of the molecule is Cc1cc(C(=O)NNC(=O)c2cn(C)c3ccccc23)ccc1N1CCNC1=O. The number of nitrogens with one attached hydrogen (secondary N) is 3. The molecule has 29 heavy (non-hydrogen) atoms. The fraction of sp³-hybridized carbons (Fsp3) is 0.190. The maximum atomic E-state index is 12.5. The van der Waals surface area contributed by atoms with Gasteiger partial charge in [-0.3, -0.25) is 25.3 Å². The number of nitrogens with zero attached hydrogens (tertiary/aromatic N) is 2. The van der Waals surface area contributed by atoms with Crippen molar-refractivity contribution < 1.29 is 14.4 Å². The molecule has 0 aliphatic carbocycles. The van der Waals surface area contributed by atoms with Crippen molar-refractivity contribution >= 4 is 34.4 Å². The van der Waals surface area contributed by atoms with Gasteiger partial charge >= 0.3 is 6.03 Å². The number of para-hydroxylation sites is 1. The van der Waals surface area contributed by atoms with Gasteiger partial charge in [-0.05, 0) is 36.8 Å². The molecule has 0 bridgehead atoms. The first-order valence-electron chi connectivity index (χ1n) is 9.26. The standard InChI is InChI=1S/C21H21N5O3/c1-13-11-14(7-8-17(13)26-10-9-22-21(26)29)19(27)23-24-20(28)16-12-25(2)18-6-4-3-5-15(16)18/h3-8,11-12H,9-10H2,1-2H3,(H,22,29)(H,23,27)(H,24,28). The van der Waals surface area contributed by atoms with Crippen LogP contribution in [0, 0.1) is 6.92 Å². The van der Waals surface area contributed by atoms with Gasteiger partial charge in [0.25, 0.3) is 11.8 Å². The number of carbonyl (C=O) groups excluding carboxylic acids is 3. The summed E-state index contributed by atoms with van der Waals surface area (Å²) in [5.41, 5.74) is 8.30. The summed E-state index contributed by atoms with van der Waals surface area (Å²) in [5, 5.41) is 3.56. The Morgan fingerprint density at radius 2 is 1.83 bits per heavy atom. The number of hydrazine groups is 1. The van der Waals surface area contributed by atoms with Gasteiger partial charge in [0.2, 0.25) is 0 Å². The molecule has 1 fully saturated rings. The number of fused-ring (bicyclic) bond motifs is 1. The van der Waals surface area contributed by atoms with E-state index < -0.39 is 11.8 Å². The third-order valence-electron chi connectivity index (χ3n) is 5.04. The molecule has 4 rings (SSSR count). The summed E-state index contributed by atoms with van der Waals surface area (Å²) in [4.78, 5) is 38.5. The molecule has 0 unspecified atom stereocenters. The van der Waals surface area contributed by atoms with Crippen molar-refractivity contribution in [1.29, 1.82) is 0 Å². The zero-order valence-corrected chi connectivity index (χ0v) is 16.2. The van der Waals surface area contributed by atoms with Crippen LogP contribution in [0.4, 0.5) is 10.5 Å². The quantitative estimate of drug-likeness (QED) is 0.597. The van der Waals surface area contributed by atoms with Crippen molar-refractivity contribution in [1.82, 2.24) is 20.7 Å². The Kier molecular flexibility index (Phi) is 4.67. The number of carbonyl (C=O) groups is 3. The molecule has 8 nitrogen and oxygen atoms in total. The predicted molar refractivity (Wildman–Crippen MR) is 110 cm³/mol. The van der Waals surface area contributed by atoms with Crippen LogP contribution in [0.5, 0.6) is 0 Å².